The van der Waals surface area contributed by atoms with Gasteiger partial charge in [-0.1, -0.05) is 25.4 Å². The van der Waals surface area contributed by atoms with Gasteiger partial charge in [0.15, 0.2) is 0 Å². The molecule has 1 amide bonds. The summed E-state index contributed by atoms with van der Waals surface area (Å²) in [5.74, 6) is -0.227. The van der Waals surface area contributed by atoms with Crippen LogP contribution in [0.5, 0.6) is 0 Å². The van der Waals surface area contributed by atoms with Crippen molar-refractivity contribution in [2.75, 3.05) is 25.4 Å². The van der Waals surface area contributed by atoms with Crippen LogP contribution in [-0.4, -0.2) is 41.5 Å². The Morgan fingerprint density at radius 2 is 2.14 bits per heavy atom. The summed E-state index contributed by atoms with van der Waals surface area (Å²) in [5, 5.41) is 3.11. The Labute approximate surface area is 131 Å². The molecule has 0 radical (unpaired) electrons. The van der Waals surface area contributed by atoms with E-state index in [1.807, 2.05) is 6.92 Å². The van der Waals surface area contributed by atoms with Crippen molar-refractivity contribution >= 4 is 23.2 Å². The van der Waals surface area contributed by atoms with Gasteiger partial charge in [0.05, 0.1) is 17.4 Å². The number of hydrogen-bond acceptors (Lipinski definition) is 4. The lowest BCUT2D eigenvalue weighted by Crippen LogP contribution is -2.34. The van der Waals surface area contributed by atoms with E-state index in [0.29, 0.717) is 11.3 Å². The number of anilines is 1. The Morgan fingerprint density at radius 1 is 1.48 bits per heavy atom. The Kier molecular flexibility index (Phi) is 7.47. The number of halogens is 1. The van der Waals surface area contributed by atoms with Crippen molar-refractivity contribution in [2.45, 2.75) is 39.7 Å². The summed E-state index contributed by atoms with van der Waals surface area (Å²) in [6, 6.07) is 1.64. The molecule has 0 spiro atoms. The molecule has 5 nitrogen and oxygen atoms in total. The van der Waals surface area contributed by atoms with Crippen molar-refractivity contribution in [3.63, 3.8) is 0 Å². The van der Waals surface area contributed by atoms with Gasteiger partial charge in [0, 0.05) is 6.04 Å². The summed E-state index contributed by atoms with van der Waals surface area (Å²) in [7, 11) is 0. The zero-order chi connectivity index (χ0) is 15.8. The molecule has 1 atom stereocenters. The molecule has 1 aromatic rings. The minimum atomic E-state index is -0.227. The summed E-state index contributed by atoms with van der Waals surface area (Å²) in [6.07, 6.45) is 3.41. The summed E-state index contributed by atoms with van der Waals surface area (Å²) in [5.41, 5.74) is 6.39. The Bertz CT molecular complexity index is 463. The molecular formula is C15H25ClN4O. The third kappa shape index (κ3) is 5.89. The van der Waals surface area contributed by atoms with Gasteiger partial charge in [-0.2, -0.15) is 0 Å². The molecule has 1 aromatic heterocycles. The average Bonchev–Trinajstić information content (AvgIpc) is 2.46. The van der Waals surface area contributed by atoms with Crippen molar-refractivity contribution < 1.29 is 4.79 Å². The van der Waals surface area contributed by atoms with E-state index in [0.717, 1.165) is 32.5 Å². The van der Waals surface area contributed by atoms with Gasteiger partial charge in [0.25, 0.3) is 5.91 Å². The van der Waals surface area contributed by atoms with Crippen molar-refractivity contribution in [2.24, 2.45) is 0 Å². The van der Waals surface area contributed by atoms with Crippen molar-refractivity contribution in [1.29, 1.82) is 0 Å². The monoisotopic (exact) mass is 312 g/mol. The number of nitrogens with one attached hydrogen (secondary N) is 1. The standard InChI is InChI=1S/C15H25ClN4O/c1-4-20(5-2)8-6-7-11(3)19-15(21)13-9-12(17)10-18-14(13)16/h9-11H,4-8,17H2,1-3H3,(H,19,21). The van der Waals surface area contributed by atoms with E-state index in [4.69, 9.17) is 17.3 Å². The molecule has 0 aliphatic rings. The number of rotatable bonds is 8. The van der Waals surface area contributed by atoms with Crippen molar-refractivity contribution in [3.05, 3.63) is 23.0 Å². The predicted octanol–water partition coefficient (Wildman–Crippen LogP) is 2.56. The van der Waals surface area contributed by atoms with Crippen molar-refractivity contribution in [1.82, 2.24) is 15.2 Å². The molecule has 118 valence electrons. The van der Waals surface area contributed by atoms with E-state index in [9.17, 15) is 4.79 Å². The summed E-state index contributed by atoms with van der Waals surface area (Å²) >= 11 is 5.92. The largest absolute Gasteiger partial charge is 0.397 e. The molecule has 0 saturated heterocycles. The highest BCUT2D eigenvalue weighted by Gasteiger charge is 2.14. The fourth-order valence-electron chi connectivity index (χ4n) is 2.16. The summed E-state index contributed by atoms with van der Waals surface area (Å²) < 4.78 is 0. The first-order chi connectivity index (χ1) is 9.97. The first-order valence-corrected chi connectivity index (χ1v) is 7.79. The molecule has 21 heavy (non-hydrogen) atoms. The molecule has 0 fully saturated rings. The van der Waals surface area contributed by atoms with Gasteiger partial charge in [-0.15, -0.1) is 0 Å². The second-order valence-corrected chi connectivity index (χ2v) is 5.51. The van der Waals surface area contributed by atoms with Crippen molar-refractivity contribution in [3.8, 4) is 0 Å². The second-order valence-electron chi connectivity index (χ2n) is 5.15. The summed E-state index contributed by atoms with van der Waals surface area (Å²) in [4.78, 5) is 18.4. The normalized spacial score (nSPS) is 12.4. The summed E-state index contributed by atoms with van der Waals surface area (Å²) in [6.45, 7) is 9.47. The molecule has 0 aliphatic heterocycles. The molecule has 0 aromatic carbocycles. The highest BCUT2D eigenvalue weighted by Crippen LogP contribution is 2.15. The lowest BCUT2D eigenvalue weighted by Gasteiger charge is -2.20. The van der Waals surface area contributed by atoms with E-state index in [1.165, 1.54) is 6.20 Å². The minimum Gasteiger partial charge on any atom is -0.397 e. The zero-order valence-corrected chi connectivity index (χ0v) is 13.8. The van der Waals surface area contributed by atoms with Crippen LogP contribution in [-0.2, 0) is 0 Å². The maximum Gasteiger partial charge on any atom is 0.254 e. The van der Waals surface area contributed by atoms with Gasteiger partial charge in [-0.05, 0) is 45.5 Å². The topological polar surface area (TPSA) is 71.2 Å². The predicted molar refractivity (Wildman–Crippen MR) is 87.6 cm³/mol. The van der Waals surface area contributed by atoms with Crippen LogP contribution in [0.25, 0.3) is 0 Å². The fraction of sp³-hybridized carbons (Fsp3) is 0.600. The van der Waals surface area contributed by atoms with Gasteiger partial charge < -0.3 is 16.0 Å². The zero-order valence-electron chi connectivity index (χ0n) is 13.0. The Morgan fingerprint density at radius 3 is 2.76 bits per heavy atom. The van der Waals surface area contributed by atoms with Gasteiger partial charge in [-0.3, -0.25) is 4.79 Å². The number of nitrogen functional groups attached to an aromatic ring is 1. The fourth-order valence-corrected chi connectivity index (χ4v) is 2.35. The van der Waals surface area contributed by atoms with E-state index in [1.54, 1.807) is 6.07 Å². The molecule has 6 heteroatoms. The van der Waals surface area contributed by atoms with Crippen LogP contribution in [0.1, 0.15) is 44.0 Å². The average molecular weight is 313 g/mol. The van der Waals surface area contributed by atoms with Gasteiger partial charge in [0.1, 0.15) is 5.15 Å². The molecule has 3 N–H and O–H groups in total. The quantitative estimate of drug-likeness (QED) is 0.724. The first kappa shape index (κ1) is 17.7. The number of aromatic nitrogens is 1. The van der Waals surface area contributed by atoms with Gasteiger partial charge in [0.2, 0.25) is 0 Å². The van der Waals surface area contributed by atoms with Crippen LogP contribution < -0.4 is 11.1 Å². The van der Waals surface area contributed by atoms with Gasteiger partial charge in [-0.25, -0.2) is 4.98 Å². The number of amides is 1. The number of pyridine rings is 1. The molecule has 0 bridgehead atoms. The third-order valence-electron chi connectivity index (χ3n) is 3.49. The smallest absolute Gasteiger partial charge is 0.254 e. The number of carbonyl (C=O) groups excluding carboxylic acids is 1. The number of nitrogens with two attached hydrogens (primary N) is 1. The van der Waals surface area contributed by atoms with Crippen LogP contribution >= 0.6 is 11.6 Å². The van der Waals surface area contributed by atoms with Crippen LogP contribution in [0.15, 0.2) is 12.3 Å². The Balaban J connectivity index is 2.45. The highest BCUT2D eigenvalue weighted by molar-refractivity contribution is 6.32. The lowest BCUT2D eigenvalue weighted by atomic mass is 10.1. The van der Waals surface area contributed by atoms with Crippen LogP contribution in [0.4, 0.5) is 5.69 Å². The van der Waals surface area contributed by atoms with Crippen LogP contribution in [0.3, 0.4) is 0 Å². The molecular weight excluding hydrogens is 288 g/mol. The molecule has 0 saturated carbocycles. The van der Waals surface area contributed by atoms with Gasteiger partial charge >= 0.3 is 0 Å². The Hall–Kier alpha value is -1.33. The van der Waals surface area contributed by atoms with E-state index < -0.39 is 0 Å². The lowest BCUT2D eigenvalue weighted by molar-refractivity contribution is 0.0937. The van der Waals surface area contributed by atoms with Crippen LogP contribution in [0.2, 0.25) is 5.15 Å². The first-order valence-electron chi connectivity index (χ1n) is 7.42. The third-order valence-corrected chi connectivity index (χ3v) is 3.79. The van der Waals surface area contributed by atoms with Crippen LogP contribution in [0, 0.1) is 0 Å². The number of nitrogens with zero attached hydrogens (tertiary/aromatic N) is 2. The van der Waals surface area contributed by atoms with E-state index in [2.05, 4.69) is 29.0 Å². The second kappa shape index (κ2) is 8.85. The molecule has 1 rings (SSSR count). The molecule has 1 unspecified atom stereocenters. The van der Waals surface area contributed by atoms with E-state index >= 15 is 0 Å². The maximum absolute atomic E-state index is 12.1. The minimum absolute atomic E-state index is 0.0885. The number of carbonyl (C=O) groups is 1. The highest BCUT2D eigenvalue weighted by atomic mass is 35.5. The molecule has 0 aliphatic carbocycles. The van der Waals surface area contributed by atoms with E-state index in [-0.39, 0.29) is 17.1 Å². The SMILES string of the molecule is CCN(CC)CCCC(C)NC(=O)c1cc(N)cnc1Cl. The molecule has 1 heterocycles. The number of hydrogen-bond donors (Lipinski definition) is 2. The maximum atomic E-state index is 12.1.